The van der Waals surface area contributed by atoms with E-state index in [0.29, 0.717) is 5.69 Å². The van der Waals surface area contributed by atoms with Crippen molar-refractivity contribution in [1.29, 1.82) is 0 Å². The molecule has 0 unspecified atom stereocenters. The summed E-state index contributed by atoms with van der Waals surface area (Å²) in [5, 5.41) is 0.170. The Bertz CT molecular complexity index is 633. The Kier molecular flexibility index (Phi) is 5.34. The highest BCUT2D eigenvalue weighted by Crippen LogP contribution is 2.28. The average molecular weight is 328 g/mol. The highest BCUT2D eigenvalue weighted by molar-refractivity contribution is 8.14. The van der Waals surface area contributed by atoms with Crippen molar-refractivity contribution in [3.05, 3.63) is 66.2 Å². The number of hydrogen-bond donors (Lipinski definition) is 0. The van der Waals surface area contributed by atoms with Crippen LogP contribution in [0.3, 0.4) is 0 Å². The van der Waals surface area contributed by atoms with Crippen LogP contribution in [0.25, 0.3) is 0 Å². The topological polar surface area (TPSA) is 37.4 Å². The summed E-state index contributed by atoms with van der Waals surface area (Å²) in [7, 11) is -3.48. The lowest BCUT2D eigenvalue weighted by molar-refractivity contribution is 0.597. The number of halogens is 1. The van der Waals surface area contributed by atoms with E-state index in [-0.39, 0.29) is 11.0 Å². The maximum atomic E-state index is 12.5. The van der Waals surface area contributed by atoms with Crippen LogP contribution in [0.15, 0.2) is 60.7 Å². The minimum Gasteiger partial charge on any atom is -0.210 e. The molecule has 0 aliphatic heterocycles. The molecule has 0 fully saturated rings. The van der Waals surface area contributed by atoms with Gasteiger partial charge in [-0.3, -0.25) is 0 Å². The molecule has 0 bridgehead atoms. The van der Waals surface area contributed by atoms with Gasteiger partial charge in [0.2, 0.25) is 10.0 Å². The molecule has 6 heteroatoms. The fraction of sp³-hybridized carbons (Fsp3) is 0.143. The molecular weight excluding hydrogens is 314 g/mol. The van der Waals surface area contributed by atoms with Crippen LogP contribution in [0.2, 0.25) is 0 Å². The summed E-state index contributed by atoms with van der Waals surface area (Å²) in [4.78, 5) is 0. The van der Waals surface area contributed by atoms with E-state index in [4.69, 9.17) is 11.6 Å². The second kappa shape index (κ2) is 7.02. The highest BCUT2D eigenvalue weighted by atomic mass is 35.5. The number of alkyl halides is 1. The molecule has 0 saturated heterocycles. The first kappa shape index (κ1) is 15.2. The third kappa shape index (κ3) is 3.91. The van der Waals surface area contributed by atoms with Crippen LogP contribution < -0.4 is 3.71 Å². The molecule has 0 aliphatic rings. The summed E-state index contributed by atoms with van der Waals surface area (Å²) in [5.74, 6) is -0.0490. The molecule has 0 N–H and O–H groups in total. The minimum atomic E-state index is -3.48. The van der Waals surface area contributed by atoms with Gasteiger partial charge in [-0.15, -0.1) is 11.6 Å². The molecule has 0 heterocycles. The van der Waals surface area contributed by atoms with E-state index in [0.717, 1.165) is 17.5 Å². The Morgan fingerprint density at radius 3 is 2.05 bits per heavy atom. The largest absolute Gasteiger partial charge is 0.248 e. The number of nitrogens with zero attached hydrogens (tertiary/aromatic N) is 1. The van der Waals surface area contributed by atoms with E-state index in [1.54, 1.807) is 36.4 Å². The predicted molar refractivity (Wildman–Crippen MR) is 86.3 cm³/mol. The van der Waals surface area contributed by atoms with Crippen molar-refractivity contribution >= 4 is 39.3 Å². The van der Waals surface area contributed by atoms with Crippen molar-refractivity contribution in [1.82, 2.24) is 0 Å². The van der Waals surface area contributed by atoms with Gasteiger partial charge in [0.15, 0.2) is 0 Å². The Balaban J connectivity index is 2.28. The third-order valence-corrected chi connectivity index (χ3v) is 5.83. The van der Waals surface area contributed by atoms with Crippen LogP contribution in [0.4, 0.5) is 5.69 Å². The van der Waals surface area contributed by atoms with Crippen LogP contribution >= 0.6 is 23.5 Å². The van der Waals surface area contributed by atoms with Gasteiger partial charge < -0.3 is 0 Å². The lowest BCUT2D eigenvalue weighted by atomic mass is 10.2. The zero-order valence-electron chi connectivity index (χ0n) is 10.6. The molecule has 0 spiro atoms. The Morgan fingerprint density at radius 1 is 0.950 bits per heavy atom. The molecule has 0 aliphatic carbocycles. The lowest BCUT2D eigenvalue weighted by Crippen LogP contribution is -2.25. The summed E-state index contributed by atoms with van der Waals surface area (Å²) in [6.07, 6.45) is 0. The summed E-state index contributed by atoms with van der Waals surface area (Å²) < 4.78 is 26.4. The van der Waals surface area contributed by atoms with Crippen LogP contribution in [0.5, 0.6) is 0 Å². The van der Waals surface area contributed by atoms with Gasteiger partial charge in [-0.05, 0) is 29.6 Å². The van der Waals surface area contributed by atoms with Gasteiger partial charge >= 0.3 is 0 Å². The van der Waals surface area contributed by atoms with Gasteiger partial charge in [0.05, 0.1) is 16.7 Å². The van der Waals surface area contributed by atoms with E-state index >= 15 is 0 Å². The first-order valence-corrected chi connectivity index (χ1v) is 9.03. The van der Waals surface area contributed by atoms with Crippen LogP contribution in [0, 0.1) is 0 Å². The fourth-order valence-corrected chi connectivity index (χ4v) is 4.71. The fourth-order valence-electron chi connectivity index (χ4n) is 1.75. The monoisotopic (exact) mass is 327 g/mol. The SMILES string of the molecule is O=S(=O)(Cc1ccccc1)N(SCCl)c1ccccc1. The van der Waals surface area contributed by atoms with Crippen molar-refractivity contribution < 1.29 is 8.42 Å². The van der Waals surface area contributed by atoms with Crippen molar-refractivity contribution in [3.63, 3.8) is 0 Å². The first-order chi connectivity index (χ1) is 9.63. The molecule has 0 aromatic heterocycles. The van der Waals surface area contributed by atoms with Crippen molar-refractivity contribution in [2.24, 2.45) is 0 Å². The molecule has 2 aromatic rings. The van der Waals surface area contributed by atoms with Gasteiger partial charge in [0, 0.05) is 0 Å². The molecule has 20 heavy (non-hydrogen) atoms. The smallest absolute Gasteiger partial charge is 0.210 e. The summed E-state index contributed by atoms with van der Waals surface area (Å²) in [6.45, 7) is 0. The van der Waals surface area contributed by atoms with E-state index < -0.39 is 10.0 Å². The zero-order valence-corrected chi connectivity index (χ0v) is 13.0. The van der Waals surface area contributed by atoms with Gasteiger partial charge in [-0.1, -0.05) is 48.5 Å². The summed E-state index contributed by atoms with van der Waals surface area (Å²) in [5.41, 5.74) is 1.36. The number of sulfonamides is 1. The molecule has 0 atom stereocenters. The number of rotatable bonds is 6. The molecule has 0 radical (unpaired) electrons. The van der Waals surface area contributed by atoms with E-state index in [1.165, 1.54) is 3.71 Å². The number of hydrogen-bond acceptors (Lipinski definition) is 3. The molecule has 2 aromatic carbocycles. The average Bonchev–Trinajstić information content (AvgIpc) is 2.46. The predicted octanol–water partition coefficient (Wildman–Crippen LogP) is 3.87. The second-order valence-electron chi connectivity index (χ2n) is 4.04. The standard InChI is InChI=1S/C14H14ClNO2S2/c15-12-19-16(14-9-5-2-6-10-14)20(17,18)11-13-7-3-1-4-8-13/h1-10H,11-12H2. The molecule has 0 saturated carbocycles. The van der Waals surface area contributed by atoms with Gasteiger partial charge in [0.25, 0.3) is 0 Å². The zero-order chi connectivity index (χ0) is 14.4. The molecule has 106 valence electrons. The quantitative estimate of drug-likeness (QED) is 0.597. The number of para-hydroxylation sites is 1. The Morgan fingerprint density at radius 2 is 1.50 bits per heavy atom. The van der Waals surface area contributed by atoms with Crippen molar-refractivity contribution in [3.8, 4) is 0 Å². The third-order valence-electron chi connectivity index (χ3n) is 2.58. The van der Waals surface area contributed by atoms with Gasteiger partial charge in [-0.25, -0.2) is 12.1 Å². The van der Waals surface area contributed by atoms with Crippen molar-refractivity contribution in [2.45, 2.75) is 5.75 Å². The maximum absolute atomic E-state index is 12.5. The van der Waals surface area contributed by atoms with Crippen LogP contribution in [0.1, 0.15) is 5.56 Å². The summed E-state index contributed by atoms with van der Waals surface area (Å²) >= 11 is 6.78. The van der Waals surface area contributed by atoms with E-state index in [1.807, 2.05) is 24.3 Å². The van der Waals surface area contributed by atoms with E-state index in [9.17, 15) is 8.42 Å². The lowest BCUT2D eigenvalue weighted by Gasteiger charge is -2.22. The minimum absolute atomic E-state index is 0.0490. The number of benzene rings is 2. The van der Waals surface area contributed by atoms with Crippen LogP contribution in [-0.2, 0) is 15.8 Å². The van der Waals surface area contributed by atoms with Gasteiger partial charge in [-0.2, -0.15) is 0 Å². The van der Waals surface area contributed by atoms with E-state index in [2.05, 4.69) is 0 Å². The summed E-state index contributed by atoms with van der Waals surface area (Å²) in [6, 6.07) is 18.1. The van der Waals surface area contributed by atoms with Crippen molar-refractivity contribution in [2.75, 3.05) is 8.92 Å². The molecular formula is C14H14ClNO2S2. The molecule has 2 rings (SSSR count). The number of anilines is 1. The maximum Gasteiger partial charge on any atom is 0.248 e. The Labute approximate surface area is 128 Å². The Hall–Kier alpha value is -1.17. The van der Waals surface area contributed by atoms with Gasteiger partial charge in [0.1, 0.15) is 0 Å². The van der Waals surface area contributed by atoms with Crippen LogP contribution in [-0.4, -0.2) is 13.6 Å². The molecule has 3 nitrogen and oxygen atoms in total. The second-order valence-corrected chi connectivity index (χ2v) is 7.59. The first-order valence-electron chi connectivity index (χ1n) is 5.94. The molecule has 0 amide bonds. The normalized spacial score (nSPS) is 11.2. The highest BCUT2D eigenvalue weighted by Gasteiger charge is 2.23.